The highest BCUT2D eigenvalue weighted by Gasteiger charge is 2.43. The highest BCUT2D eigenvalue weighted by molar-refractivity contribution is 6.23. The van der Waals surface area contributed by atoms with Crippen molar-refractivity contribution in [2.75, 3.05) is 19.0 Å². The molecule has 3 aliphatic rings. The number of halogens is 1. The molecule has 0 saturated heterocycles. The van der Waals surface area contributed by atoms with Crippen molar-refractivity contribution in [2.45, 2.75) is 56.7 Å². The van der Waals surface area contributed by atoms with Crippen LogP contribution in [0.25, 0.3) is 0 Å². The van der Waals surface area contributed by atoms with Gasteiger partial charge in [0.2, 0.25) is 5.69 Å². The van der Waals surface area contributed by atoms with Crippen LogP contribution in [0.4, 0.5) is 11.4 Å². The fourth-order valence-electron chi connectivity index (χ4n) is 6.27. The Morgan fingerprint density at radius 3 is 2.32 bits per heavy atom. The van der Waals surface area contributed by atoms with Gasteiger partial charge in [0.05, 0.1) is 10.8 Å². The van der Waals surface area contributed by atoms with E-state index in [1.165, 1.54) is 39.5 Å². The molecule has 2 nitrogen and oxygen atoms in total. The quantitative estimate of drug-likeness (QED) is 0.331. The Morgan fingerprint density at radius 1 is 0.941 bits per heavy atom. The smallest absolute Gasteiger partial charge is 0.209 e. The summed E-state index contributed by atoms with van der Waals surface area (Å²) in [6.45, 7) is 9.26. The number of hydrogen-bond acceptors (Lipinski definition) is 1. The first-order chi connectivity index (χ1) is 16.1. The molecule has 2 aliphatic heterocycles. The van der Waals surface area contributed by atoms with E-state index in [9.17, 15) is 0 Å². The van der Waals surface area contributed by atoms with Crippen LogP contribution in [0.3, 0.4) is 0 Å². The molecule has 0 bridgehead atoms. The zero-order valence-corrected chi connectivity index (χ0v) is 22.0. The lowest BCUT2D eigenvalue weighted by molar-refractivity contribution is -0.401. The molecule has 0 aromatic heterocycles. The summed E-state index contributed by atoms with van der Waals surface area (Å²) >= 11 is 7.02. The summed E-state index contributed by atoms with van der Waals surface area (Å²) in [7, 11) is 4.35. The maximum atomic E-state index is 7.02. The molecule has 2 unspecified atom stereocenters. The van der Waals surface area contributed by atoms with Crippen LogP contribution in [0.5, 0.6) is 0 Å². The molecule has 1 saturated carbocycles. The van der Waals surface area contributed by atoms with Gasteiger partial charge in [0, 0.05) is 41.6 Å². The Kier molecular flexibility index (Phi) is 5.64. The van der Waals surface area contributed by atoms with Crippen molar-refractivity contribution in [1.82, 2.24) is 0 Å². The van der Waals surface area contributed by atoms with Crippen LogP contribution in [0.2, 0.25) is 0 Å². The van der Waals surface area contributed by atoms with Crippen LogP contribution in [0.1, 0.15) is 51.7 Å². The number of hydrogen-bond donors (Lipinski definition) is 0. The van der Waals surface area contributed by atoms with Gasteiger partial charge in [-0.25, -0.2) is 0 Å². The van der Waals surface area contributed by atoms with Crippen LogP contribution in [-0.2, 0) is 10.8 Å². The zero-order chi connectivity index (χ0) is 24.3. The number of fused-ring (bicyclic) bond motifs is 2. The first-order valence-electron chi connectivity index (χ1n) is 12.4. The molecule has 0 radical (unpaired) electrons. The van der Waals surface area contributed by atoms with Crippen molar-refractivity contribution in [3.05, 3.63) is 95.2 Å². The fraction of sp³-hybridized carbons (Fsp3) is 0.387. The van der Waals surface area contributed by atoms with Gasteiger partial charge in [-0.3, -0.25) is 0 Å². The van der Waals surface area contributed by atoms with Crippen LogP contribution in [0.15, 0.2) is 84.1 Å². The summed E-state index contributed by atoms with van der Waals surface area (Å²) in [6.07, 6.45) is 11.4. The molecule has 5 rings (SSSR count). The van der Waals surface area contributed by atoms with Crippen LogP contribution in [-0.4, -0.2) is 29.8 Å². The number of likely N-dealkylation sites (N-methyl/N-ethyl adjacent to an activating group) is 1. The Balaban J connectivity index is 1.36. The summed E-state index contributed by atoms with van der Waals surface area (Å²) in [6, 6.07) is 17.4. The molecule has 176 valence electrons. The van der Waals surface area contributed by atoms with Gasteiger partial charge in [0.15, 0.2) is 5.71 Å². The third-order valence-electron chi connectivity index (χ3n) is 8.33. The van der Waals surface area contributed by atoms with E-state index in [1.54, 1.807) is 0 Å². The second-order valence-corrected chi connectivity index (χ2v) is 11.5. The summed E-state index contributed by atoms with van der Waals surface area (Å²) in [5.74, 6) is 0.359. The number of rotatable bonds is 3. The van der Waals surface area contributed by atoms with Crippen molar-refractivity contribution >= 4 is 28.7 Å². The highest BCUT2D eigenvalue weighted by atomic mass is 35.5. The summed E-state index contributed by atoms with van der Waals surface area (Å²) in [5.41, 5.74) is 9.38. The van der Waals surface area contributed by atoms with Gasteiger partial charge >= 0.3 is 0 Å². The van der Waals surface area contributed by atoms with Gasteiger partial charge in [-0.15, -0.1) is 11.6 Å². The van der Waals surface area contributed by atoms with E-state index in [4.69, 9.17) is 11.6 Å². The maximum absolute atomic E-state index is 7.02. The summed E-state index contributed by atoms with van der Waals surface area (Å²) < 4.78 is 2.33. The zero-order valence-electron chi connectivity index (χ0n) is 21.3. The first kappa shape index (κ1) is 23.2. The Bertz CT molecular complexity index is 1260. The van der Waals surface area contributed by atoms with E-state index < -0.39 is 0 Å². The third-order valence-corrected chi connectivity index (χ3v) is 8.94. The van der Waals surface area contributed by atoms with Crippen molar-refractivity contribution in [3.8, 4) is 0 Å². The van der Waals surface area contributed by atoms with Gasteiger partial charge in [-0.2, -0.15) is 4.58 Å². The predicted octanol–water partition coefficient (Wildman–Crippen LogP) is 7.50. The molecule has 2 aromatic rings. The van der Waals surface area contributed by atoms with E-state index in [1.807, 2.05) is 0 Å². The molecule has 0 amide bonds. The Labute approximate surface area is 210 Å². The lowest BCUT2D eigenvalue weighted by Gasteiger charge is -2.24. The molecule has 2 heterocycles. The Hall–Kier alpha value is -2.58. The standard InChI is InChI=1S/C31H36ClN2/c1-30(2)23-11-7-9-13-25(23)33(5)27(30)19-17-21-15-16-22(29(21)32)18-20-28-31(3,4)24-12-8-10-14-26(24)34(28)6/h7-14,17-21,29H,15-16H2,1-6H3/q+1. The van der Waals surface area contributed by atoms with E-state index in [-0.39, 0.29) is 16.2 Å². The molecule has 2 atom stereocenters. The molecule has 1 fully saturated rings. The first-order valence-corrected chi connectivity index (χ1v) is 12.8. The minimum absolute atomic E-state index is 0.00100. The molecule has 34 heavy (non-hydrogen) atoms. The van der Waals surface area contributed by atoms with Crippen molar-refractivity contribution in [2.24, 2.45) is 5.92 Å². The molecule has 2 aromatic carbocycles. The number of nitrogens with zero attached hydrogens (tertiary/aromatic N) is 2. The number of anilines is 1. The second kappa shape index (κ2) is 8.27. The van der Waals surface area contributed by atoms with Gasteiger partial charge in [0.25, 0.3) is 0 Å². The highest BCUT2D eigenvalue weighted by Crippen LogP contribution is 2.47. The fourth-order valence-corrected chi connectivity index (χ4v) is 6.66. The lowest BCUT2D eigenvalue weighted by atomic mass is 9.81. The maximum Gasteiger partial charge on any atom is 0.209 e. The van der Waals surface area contributed by atoms with Gasteiger partial charge in [-0.05, 0) is 50.3 Å². The summed E-state index contributed by atoms with van der Waals surface area (Å²) in [4.78, 5) is 2.33. The van der Waals surface area contributed by atoms with Crippen LogP contribution >= 0.6 is 11.6 Å². The van der Waals surface area contributed by atoms with E-state index in [2.05, 4.69) is 124 Å². The molecule has 3 heteroatoms. The van der Waals surface area contributed by atoms with Crippen molar-refractivity contribution < 1.29 is 4.58 Å². The minimum Gasteiger partial charge on any atom is -0.347 e. The van der Waals surface area contributed by atoms with Crippen LogP contribution < -0.4 is 4.90 Å². The predicted molar refractivity (Wildman–Crippen MR) is 146 cm³/mol. The van der Waals surface area contributed by atoms with Crippen LogP contribution in [0, 0.1) is 5.92 Å². The SMILES string of the molecule is CN1C(=CC=C2CCC(C=CC3=[N+](C)c4ccccc4C3(C)C)C2Cl)C(C)(C)c2ccccc21. The normalized spacial score (nSPS) is 27.3. The number of allylic oxidation sites excluding steroid dienone is 6. The van der Waals surface area contributed by atoms with Crippen molar-refractivity contribution in [3.63, 3.8) is 0 Å². The van der Waals surface area contributed by atoms with Crippen molar-refractivity contribution in [1.29, 1.82) is 0 Å². The molecule has 1 aliphatic carbocycles. The van der Waals surface area contributed by atoms with Gasteiger partial charge in [0.1, 0.15) is 7.05 Å². The second-order valence-electron chi connectivity index (χ2n) is 11.0. The topological polar surface area (TPSA) is 6.25 Å². The monoisotopic (exact) mass is 471 g/mol. The molecule has 0 N–H and O–H groups in total. The summed E-state index contributed by atoms with van der Waals surface area (Å²) in [5, 5.41) is 0.0445. The number of alkyl halides is 1. The molecular weight excluding hydrogens is 436 g/mol. The van der Waals surface area contributed by atoms with E-state index in [0.717, 1.165) is 12.8 Å². The largest absolute Gasteiger partial charge is 0.347 e. The number of benzene rings is 2. The van der Waals surface area contributed by atoms with Gasteiger partial charge < -0.3 is 4.90 Å². The van der Waals surface area contributed by atoms with Gasteiger partial charge in [-0.1, -0.05) is 68.0 Å². The van der Waals surface area contributed by atoms with E-state index in [0.29, 0.717) is 5.92 Å². The average Bonchev–Trinajstić information content (AvgIpc) is 3.33. The lowest BCUT2D eigenvalue weighted by Crippen LogP contribution is -2.27. The molecular formula is C31H36ClN2+. The third kappa shape index (κ3) is 3.50. The minimum atomic E-state index is -0.00753. The average molecular weight is 472 g/mol. The Morgan fingerprint density at radius 2 is 1.62 bits per heavy atom. The molecule has 0 spiro atoms. The van der Waals surface area contributed by atoms with E-state index >= 15 is 0 Å². The number of para-hydroxylation sites is 2.